The van der Waals surface area contributed by atoms with Crippen LogP contribution in [0.2, 0.25) is 0 Å². The first kappa shape index (κ1) is 37.8. The standard InChI is InChI=1S/C15H31P.2C3H7O.C3H9P.Ti/c1-11(2)15(12(3)4)9-7-8-14(10-15)16-13(5)6;3*1-3(2)4;/h11-14,16H,7-10H2,1-6H3;2*3H,1-2H3;3H,4H2,1-2H3;/q;2*-1;;+2. The van der Waals surface area contributed by atoms with Gasteiger partial charge in [-0.05, 0) is 53.5 Å². The summed E-state index contributed by atoms with van der Waals surface area (Å²) in [7, 11) is 3.85. The van der Waals surface area contributed by atoms with E-state index < -0.39 is 12.2 Å². The fourth-order valence-electron chi connectivity index (χ4n) is 3.67. The van der Waals surface area contributed by atoms with Gasteiger partial charge in [0.1, 0.15) is 0 Å². The third-order valence-electron chi connectivity index (χ3n) is 4.69. The Kier molecular flexibility index (Phi) is 27.8. The van der Waals surface area contributed by atoms with Crippen molar-refractivity contribution >= 4 is 17.8 Å². The van der Waals surface area contributed by atoms with E-state index in [-0.39, 0.29) is 21.7 Å². The number of hydrogen-bond donors (Lipinski definition) is 0. The molecule has 0 spiro atoms. The van der Waals surface area contributed by atoms with Crippen LogP contribution in [0.15, 0.2) is 0 Å². The minimum absolute atomic E-state index is 0. The van der Waals surface area contributed by atoms with Crippen molar-refractivity contribution in [3.05, 3.63) is 0 Å². The van der Waals surface area contributed by atoms with Gasteiger partial charge in [-0.15, -0.1) is 30.0 Å². The Morgan fingerprint density at radius 3 is 1.34 bits per heavy atom. The minimum atomic E-state index is -0.417. The zero-order chi connectivity index (χ0) is 23.1. The monoisotopic (exact) mass is 484 g/mol. The summed E-state index contributed by atoms with van der Waals surface area (Å²) < 4.78 is 0. The Balaban J connectivity index is -0.000000199. The first-order chi connectivity index (χ1) is 12.6. The third kappa shape index (κ3) is 25.6. The maximum atomic E-state index is 9.53. The molecule has 0 radical (unpaired) electrons. The fourth-order valence-corrected chi connectivity index (χ4v) is 5.48. The normalized spacial score (nSPS) is 18.3. The molecule has 0 aromatic heterocycles. The van der Waals surface area contributed by atoms with E-state index in [1.807, 2.05) is 0 Å². The molecule has 1 rings (SSSR count). The van der Waals surface area contributed by atoms with E-state index in [2.05, 4.69) is 64.6 Å². The van der Waals surface area contributed by atoms with E-state index in [1.54, 1.807) is 27.7 Å². The van der Waals surface area contributed by atoms with Crippen molar-refractivity contribution in [3.63, 3.8) is 0 Å². The summed E-state index contributed by atoms with van der Waals surface area (Å²) >= 11 is 0. The van der Waals surface area contributed by atoms with Gasteiger partial charge in [-0.2, -0.15) is 0 Å². The topological polar surface area (TPSA) is 46.1 Å². The molecule has 3 unspecified atom stereocenters. The summed E-state index contributed by atoms with van der Waals surface area (Å²) in [5, 5.41) is 19.1. The molecular weight excluding hydrogens is 430 g/mol. The molecule has 0 amide bonds. The Labute approximate surface area is 204 Å². The van der Waals surface area contributed by atoms with E-state index in [9.17, 15) is 10.2 Å². The summed E-state index contributed by atoms with van der Waals surface area (Å²) in [6.45, 7) is 25.3. The van der Waals surface area contributed by atoms with Crippen LogP contribution in [0.3, 0.4) is 0 Å². The van der Waals surface area contributed by atoms with Crippen molar-refractivity contribution in [2.75, 3.05) is 0 Å². The maximum absolute atomic E-state index is 9.53. The molecule has 3 atom stereocenters. The van der Waals surface area contributed by atoms with Crippen molar-refractivity contribution in [3.8, 4) is 0 Å². The molecule has 0 aromatic rings. The summed E-state index contributed by atoms with van der Waals surface area (Å²) in [6, 6.07) is 0. The summed E-state index contributed by atoms with van der Waals surface area (Å²) in [5.41, 5.74) is 3.32. The Hall–Kier alpha value is 1.49. The quantitative estimate of drug-likeness (QED) is 0.358. The smallest absolute Gasteiger partial charge is 0.852 e. The van der Waals surface area contributed by atoms with Crippen molar-refractivity contribution in [1.29, 1.82) is 0 Å². The second-order valence-corrected chi connectivity index (χ2v) is 13.6. The molecule has 0 saturated heterocycles. The van der Waals surface area contributed by atoms with Crippen LogP contribution in [0.1, 0.15) is 109 Å². The maximum Gasteiger partial charge on any atom is 2.00 e. The van der Waals surface area contributed by atoms with E-state index in [0.29, 0.717) is 5.41 Å². The Morgan fingerprint density at radius 1 is 0.793 bits per heavy atom. The van der Waals surface area contributed by atoms with Crippen molar-refractivity contribution in [1.82, 2.24) is 0 Å². The predicted octanol–water partition coefficient (Wildman–Crippen LogP) is 6.09. The van der Waals surface area contributed by atoms with Crippen molar-refractivity contribution < 1.29 is 31.9 Å². The molecule has 176 valence electrons. The van der Waals surface area contributed by atoms with Crippen LogP contribution in [0, 0.1) is 17.3 Å². The van der Waals surface area contributed by atoms with Crippen LogP contribution in [-0.2, 0) is 21.7 Å². The zero-order valence-corrected chi connectivity index (χ0v) is 25.5. The van der Waals surface area contributed by atoms with Crippen molar-refractivity contribution in [2.24, 2.45) is 17.3 Å². The second kappa shape index (κ2) is 21.3. The van der Waals surface area contributed by atoms with Gasteiger partial charge in [-0.3, -0.25) is 0 Å². The molecule has 0 bridgehead atoms. The molecule has 29 heavy (non-hydrogen) atoms. The molecule has 0 aliphatic heterocycles. The number of rotatable bonds is 4. The van der Waals surface area contributed by atoms with Gasteiger partial charge < -0.3 is 10.2 Å². The Bertz CT molecular complexity index is 302. The number of hydrogen-bond acceptors (Lipinski definition) is 2. The summed E-state index contributed by atoms with van der Waals surface area (Å²) in [6.07, 6.45) is 5.11. The van der Waals surface area contributed by atoms with Gasteiger partial charge >= 0.3 is 21.7 Å². The van der Waals surface area contributed by atoms with Gasteiger partial charge in [0.15, 0.2) is 0 Å². The molecule has 1 aliphatic carbocycles. The zero-order valence-electron chi connectivity index (χ0n) is 21.8. The molecule has 0 N–H and O–H groups in total. The van der Waals surface area contributed by atoms with Gasteiger partial charge in [0.25, 0.3) is 0 Å². The summed E-state index contributed by atoms with van der Waals surface area (Å²) in [5.74, 6) is 1.71. The second-order valence-electron chi connectivity index (χ2n) is 10.00. The van der Waals surface area contributed by atoms with Gasteiger partial charge in [-0.1, -0.05) is 89.5 Å². The molecular formula is C24H54O2P2Ti. The predicted molar refractivity (Wildman–Crippen MR) is 133 cm³/mol. The average Bonchev–Trinajstić information content (AvgIpc) is 2.44. The molecule has 1 fully saturated rings. The first-order valence-corrected chi connectivity index (χ1v) is 13.2. The average molecular weight is 485 g/mol. The third-order valence-corrected chi connectivity index (χ3v) is 6.32. The van der Waals surface area contributed by atoms with Gasteiger partial charge in [0.2, 0.25) is 0 Å². The van der Waals surface area contributed by atoms with E-state index >= 15 is 0 Å². The van der Waals surface area contributed by atoms with E-state index in [1.165, 1.54) is 34.3 Å². The Morgan fingerprint density at radius 2 is 1.10 bits per heavy atom. The summed E-state index contributed by atoms with van der Waals surface area (Å²) in [4.78, 5) is 0. The first-order valence-electron chi connectivity index (χ1n) is 11.4. The van der Waals surface area contributed by atoms with Crippen LogP contribution < -0.4 is 10.2 Å². The van der Waals surface area contributed by atoms with E-state index in [0.717, 1.165) is 28.8 Å². The SMILES string of the molecule is CC(C)P.CC(C)PC1CCCC(C(C)C)(C(C)C)C1.CC(C)[O-].CC(C)[O-].[Ti+2]. The van der Waals surface area contributed by atoms with Crippen LogP contribution >= 0.6 is 17.8 Å². The van der Waals surface area contributed by atoms with Gasteiger partial charge in [-0.25, -0.2) is 0 Å². The van der Waals surface area contributed by atoms with Gasteiger partial charge in [0, 0.05) is 0 Å². The van der Waals surface area contributed by atoms with Crippen LogP contribution in [0.5, 0.6) is 0 Å². The molecule has 1 aliphatic rings. The molecule has 0 aromatic carbocycles. The van der Waals surface area contributed by atoms with Gasteiger partial charge in [0.05, 0.1) is 0 Å². The van der Waals surface area contributed by atoms with Crippen LogP contribution in [0.25, 0.3) is 0 Å². The van der Waals surface area contributed by atoms with Crippen molar-refractivity contribution in [2.45, 2.75) is 138 Å². The molecule has 5 heteroatoms. The minimum Gasteiger partial charge on any atom is -0.852 e. The fraction of sp³-hybridized carbons (Fsp3) is 1.00. The van der Waals surface area contributed by atoms with E-state index in [4.69, 9.17) is 0 Å². The molecule has 0 heterocycles. The largest absolute Gasteiger partial charge is 2.00 e. The molecule has 2 nitrogen and oxygen atoms in total. The van der Waals surface area contributed by atoms with Crippen LogP contribution in [-0.4, -0.2) is 29.2 Å². The van der Waals surface area contributed by atoms with Crippen LogP contribution in [0.4, 0.5) is 0 Å². The molecule has 1 saturated carbocycles.